The molecule has 5 nitrogen and oxygen atoms in total. The number of carbonyl (C=O) groups is 1. The number of hydrogen-bond acceptors (Lipinski definition) is 4. The number of amides is 1. The van der Waals surface area contributed by atoms with E-state index in [-0.39, 0.29) is 11.5 Å². The third-order valence-electron chi connectivity index (χ3n) is 4.35. The first-order valence-corrected chi connectivity index (χ1v) is 8.43. The molecule has 5 heteroatoms. The van der Waals surface area contributed by atoms with E-state index in [1.165, 1.54) is 6.07 Å². The summed E-state index contributed by atoms with van der Waals surface area (Å²) in [6, 6.07) is 12.5. The molecular weight excluding hydrogens is 330 g/mol. The molecule has 0 atom stereocenters. The summed E-state index contributed by atoms with van der Waals surface area (Å²) in [5.41, 5.74) is 2.40. The third-order valence-corrected chi connectivity index (χ3v) is 4.35. The van der Waals surface area contributed by atoms with E-state index in [9.17, 15) is 9.59 Å². The topological polar surface area (TPSA) is 68.5 Å². The number of carbonyl (C=O) groups excluding carboxylic acids is 1. The Hall–Kier alpha value is -3.08. The van der Waals surface area contributed by atoms with Crippen LogP contribution < -0.4 is 15.7 Å². The molecule has 0 fully saturated rings. The van der Waals surface area contributed by atoms with E-state index in [2.05, 4.69) is 19.2 Å². The summed E-state index contributed by atoms with van der Waals surface area (Å²) in [7, 11) is 1.56. The van der Waals surface area contributed by atoms with Gasteiger partial charge in [-0.1, -0.05) is 32.0 Å². The average Bonchev–Trinajstić information content (AvgIpc) is 2.62. The second kappa shape index (κ2) is 7.04. The summed E-state index contributed by atoms with van der Waals surface area (Å²) in [5, 5.41) is 3.51. The summed E-state index contributed by atoms with van der Waals surface area (Å²) in [6.07, 6.45) is 0. The van der Waals surface area contributed by atoms with Gasteiger partial charge in [0.15, 0.2) is 0 Å². The molecule has 0 bridgehead atoms. The average molecular weight is 351 g/mol. The normalized spacial score (nSPS) is 11.0. The van der Waals surface area contributed by atoms with E-state index in [0.717, 1.165) is 16.8 Å². The minimum absolute atomic E-state index is 0.0382. The number of benzene rings is 2. The molecule has 1 amide bonds. The summed E-state index contributed by atoms with van der Waals surface area (Å²) < 4.78 is 10.5. The number of ether oxygens (including phenoxy) is 1. The Morgan fingerprint density at radius 2 is 1.92 bits per heavy atom. The molecule has 2 aromatic carbocycles. The highest BCUT2D eigenvalue weighted by molar-refractivity contribution is 6.06. The minimum atomic E-state index is -0.667. The van der Waals surface area contributed by atoms with Crippen LogP contribution in [0.25, 0.3) is 11.0 Å². The van der Waals surface area contributed by atoms with E-state index < -0.39 is 11.5 Å². The molecule has 0 aliphatic heterocycles. The molecule has 0 saturated heterocycles. The Kier molecular flexibility index (Phi) is 4.80. The Balaban J connectivity index is 2.03. The standard InChI is InChI=1S/C21H21NO4/c1-12(2)16-7-5-6-13(3)19(16)22-20(23)17-11-14-10-15(25-4)8-9-18(14)26-21(17)24/h5-12H,1-4H3,(H,22,23). The molecule has 0 aliphatic rings. The Bertz CT molecular complexity index is 1030. The number of aryl methyl sites for hydroxylation is 1. The van der Waals surface area contributed by atoms with Crippen LogP contribution in [0, 0.1) is 6.92 Å². The van der Waals surface area contributed by atoms with Gasteiger partial charge in [0.05, 0.1) is 7.11 Å². The fourth-order valence-electron chi connectivity index (χ4n) is 2.91. The largest absolute Gasteiger partial charge is 0.497 e. The molecule has 134 valence electrons. The number of fused-ring (bicyclic) bond motifs is 1. The molecular formula is C21H21NO4. The van der Waals surface area contributed by atoms with Crippen LogP contribution in [0.2, 0.25) is 0 Å². The first-order valence-electron chi connectivity index (χ1n) is 8.43. The van der Waals surface area contributed by atoms with Crippen LogP contribution in [0.15, 0.2) is 51.7 Å². The lowest BCUT2D eigenvalue weighted by Crippen LogP contribution is -2.22. The first kappa shape index (κ1) is 17.7. The smallest absolute Gasteiger partial charge is 0.349 e. The zero-order valence-electron chi connectivity index (χ0n) is 15.3. The number of hydrogen-bond donors (Lipinski definition) is 1. The van der Waals surface area contributed by atoms with Crippen molar-refractivity contribution in [3.8, 4) is 5.75 Å². The number of rotatable bonds is 4. The van der Waals surface area contributed by atoms with E-state index in [1.807, 2.05) is 25.1 Å². The zero-order chi connectivity index (χ0) is 18.8. The maximum atomic E-state index is 12.8. The van der Waals surface area contributed by atoms with Crippen LogP contribution in [0.4, 0.5) is 5.69 Å². The predicted molar refractivity (Wildman–Crippen MR) is 102 cm³/mol. The molecule has 1 aromatic heterocycles. The second-order valence-corrected chi connectivity index (χ2v) is 6.50. The van der Waals surface area contributed by atoms with Crippen molar-refractivity contribution >= 4 is 22.6 Å². The van der Waals surface area contributed by atoms with Gasteiger partial charge in [-0.25, -0.2) is 4.79 Å². The molecule has 1 heterocycles. The molecule has 1 N–H and O–H groups in total. The van der Waals surface area contributed by atoms with Gasteiger partial charge < -0.3 is 14.5 Å². The number of nitrogens with one attached hydrogen (secondary N) is 1. The van der Waals surface area contributed by atoms with Crippen molar-refractivity contribution in [3.63, 3.8) is 0 Å². The highest BCUT2D eigenvalue weighted by atomic mass is 16.5. The fourth-order valence-corrected chi connectivity index (χ4v) is 2.91. The Labute approximate surface area is 151 Å². The SMILES string of the molecule is COc1ccc2oc(=O)c(C(=O)Nc3c(C)cccc3C(C)C)cc2c1. The van der Waals surface area contributed by atoms with Crippen molar-refractivity contribution in [1.29, 1.82) is 0 Å². The molecule has 3 aromatic rings. The van der Waals surface area contributed by atoms with E-state index in [1.54, 1.807) is 25.3 Å². The number of anilines is 1. The molecule has 0 radical (unpaired) electrons. The van der Waals surface area contributed by atoms with Crippen LogP contribution in [0.5, 0.6) is 5.75 Å². The van der Waals surface area contributed by atoms with Crippen LogP contribution in [-0.4, -0.2) is 13.0 Å². The van der Waals surface area contributed by atoms with Gasteiger partial charge in [0, 0.05) is 11.1 Å². The maximum absolute atomic E-state index is 12.8. The van der Waals surface area contributed by atoms with Crippen LogP contribution in [0.3, 0.4) is 0 Å². The molecule has 0 spiro atoms. The van der Waals surface area contributed by atoms with Gasteiger partial charge in [0.2, 0.25) is 0 Å². The summed E-state index contributed by atoms with van der Waals surface area (Å²) in [5.74, 6) is 0.376. The lowest BCUT2D eigenvalue weighted by Gasteiger charge is -2.16. The zero-order valence-corrected chi connectivity index (χ0v) is 15.3. The van der Waals surface area contributed by atoms with Gasteiger partial charge in [-0.2, -0.15) is 0 Å². The Morgan fingerprint density at radius 3 is 2.62 bits per heavy atom. The maximum Gasteiger partial charge on any atom is 0.349 e. The molecule has 0 saturated carbocycles. The minimum Gasteiger partial charge on any atom is -0.497 e. The molecule has 3 rings (SSSR count). The van der Waals surface area contributed by atoms with Gasteiger partial charge >= 0.3 is 5.63 Å². The van der Waals surface area contributed by atoms with Gasteiger partial charge in [-0.3, -0.25) is 4.79 Å². The van der Waals surface area contributed by atoms with Gasteiger partial charge in [-0.05, 0) is 48.2 Å². The van der Waals surface area contributed by atoms with Crippen molar-refractivity contribution in [3.05, 3.63) is 69.6 Å². The van der Waals surface area contributed by atoms with Gasteiger partial charge in [0.25, 0.3) is 5.91 Å². The predicted octanol–water partition coefficient (Wildman–Crippen LogP) is 4.49. The van der Waals surface area contributed by atoms with Crippen molar-refractivity contribution < 1.29 is 13.9 Å². The molecule has 0 aliphatic carbocycles. The molecule has 26 heavy (non-hydrogen) atoms. The fraction of sp³-hybridized carbons (Fsp3) is 0.238. The lowest BCUT2D eigenvalue weighted by atomic mass is 9.98. The number of para-hydroxylation sites is 1. The van der Waals surface area contributed by atoms with Crippen LogP contribution >= 0.6 is 0 Å². The summed E-state index contributed by atoms with van der Waals surface area (Å²) in [6.45, 7) is 6.04. The number of methoxy groups -OCH3 is 1. The second-order valence-electron chi connectivity index (χ2n) is 6.50. The van der Waals surface area contributed by atoms with E-state index in [0.29, 0.717) is 16.7 Å². The van der Waals surface area contributed by atoms with Crippen molar-refractivity contribution in [2.75, 3.05) is 12.4 Å². The third kappa shape index (κ3) is 3.33. The van der Waals surface area contributed by atoms with Crippen molar-refractivity contribution in [1.82, 2.24) is 0 Å². The van der Waals surface area contributed by atoms with Crippen LogP contribution in [0.1, 0.15) is 41.3 Å². The van der Waals surface area contributed by atoms with E-state index in [4.69, 9.17) is 9.15 Å². The van der Waals surface area contributed by atoms with Crippen molar-refractivity contribution in [2.45, 2.75) is 26.7 Å². The van der Waals surface area contributed by atoms with Crippen LogP contribution in [-0.2, 0) is 0 Å². The lowest BCUT2D eigenvalue weighted by molar-refractivity contribution is 0.102. The highest BCUT2D eigenvalue weighted by Crippen LogP contribution is 2.28. The summed E-state index contributed by atoms with van der Waals surface area (Å²) >= 11 is 0. The highest BCUT2D eigenvalue weighted by Gasteiger charge is 2.17. The molecule has 0 unspecified atom stereocenters. The van der Waals surface area contributed by atoms with Gasteiger partial charge in [0.1, 0.15) is 16.9 Å². The van der Waals surface area contributed by atoms with Gasteiger partial charge in [-0.15, -0.1) is 0 Å². The summed E-state index contributed by atoms with van der Waals surface area (Å²) in [4.78, 5) is 25.0. The monoisotopic (exact) mass is 351 g/mol. The quantitative estimate of drug-likeness (QED) is 0.703. The Morgan fingerprint density at radius 1 is 1.15 bits per heavy atom. The first-order chi connectivity index (χ1) is 12.4. The van der Waals surface area contributed by atoms with E-state index >= 15 is 0 Å². The van der Waals surface area contributed by atoms with Crippen molar-refractivity contribution in [2.24, 2.45) is 0 Å².